The molecule has 1 saturated heterocycles. The molecule has 0 unspecified atom stereocenters. The summed E-state index contributed by atoms with van der Waals surface area (Å²) in [4.78, 5) is 3.94. The van der Waals surface area contributed by atoms with Crippen molar-refractivity contribution in [2.45, 2.75) is 30.0 Å². The predicted molar refractivity (Wildman–Crippen MR) is 103 cm³/mol. The van der Waals surface area contributed by atoms with E-state index in [1.807, 2.05) is 0 Å². The molecule has 1 aliphatic rings. The smallest absolute Gasteiger partial charge is 0.417 e. The minimum atomic E-state index is -4.52. The average Bonchev–Trinajstić information content (AvgIpc) is 2.69. The molecule has 0 spiro atoms. The van der Waals surface area contributed by atoms with Gasteiger partial charge in [-0.3, -0.25) is 0 Å². The van der Waals surface area contributed by atoms with E-state index in [1.165, 1.54) is 23.5 Å². The maximum Gasteiger partial charge on any atom is 0.417 e. The quantitative estimate of drug-likeness (QED) is 0.746. The Kier molecular flexibility index (Phi) is 6.25. The summed E-state index contributed by atoms with van der Waals surface area (Å²) in [5, 5.41) is 2.87. The van der Waals surface area contributed by atoms with Crippen molar-refractivity contribution < 1.29 is 26.3 Å². The largest absolute Gasteiger partial charge is 0.497 e. The molecule has 29 heavy (non-hydrogen) atoms. The highest BCUT2D eigenvalue weighted by molar-refractivity contribution is 7.89. The highest BCUT2D eigenvalue weighted by atomic mass is 35.5. The summed E-state index contributed by atoms with van der Waals surface area (Å²) in [5.41, 5.74) is -0.923. The molecule has 0 amide bonds. The van der Waals surface area contributed by atoms with Crippen LogP contribution >= 0.6 is 11.6 Å². The lowest BCUT2D eigenvalue weighted by Gasteiger charge is -2.32. The normalized spacial score (nSPS) is 16.6. The number of methoxy groups -OCH3 is 1. The standard InChI is InChI=1S/C18H19ClF3N3O3S/c1-28-14-2-4-15(5-3-14)29(26,27)25-8-6-13(7-9-25)24-17-16(19)10-12(11-23-17)18(20,21)22/h2-5,10-11,13H,6-9H2,1H3,(H,23,24). The van der Waals surface area contributed by atoms with Gasteiger partial charge in [0.25, 0.3) is 0 Å². The van der Waals surface area contributed by atoms with Crippen LogP contribution < -0.4 is 10.1 Å². The molecule has 1 aromatic carbocycles. The van der Waals surface area contributed by atoms with Gasteiger partial charge in [-0.2, -0.15) is 17.5 Å². The van der Waals surface area contributed by atoms with Crippen LogP contribution in [0.1, 0.15) is 18.4 Å². The van der Waals surface area contributed by atoms with Gasteiger partial charge in [0.05, 0.1) is 22.6 Å². The molecule has 1 aromatic heterocycles. The fourth-order valence-corrected chi connectivity index (χ4v) is 4.72. The van der Waals surface area contributed by atoms with Crippen LogP contribution in [-0.4, -0.2) is 43.9 Å². The fourth-order valence-electron chi connectivity index (χ4n) is 3.03. The number of rotatable bonds is 5. The molecule has 1 N–H and O–H groups in total. The molecule has 0 bridgehead atoms. The first-order valence-corrected chi connectivity index (χ1v) is 10.6. The molecule has 2 heterocycles. The van der Waals surface area contributed by atoms with Gasteiger partial charge in [0.15, 0.2) is 0 Å². The molecular weight excluding hydrogens is 431 g/mol. The van der Waals surface area contributed by atoms with Gasteiger partial charge in [0.1, 0.15) is 11.6 Å². The summed E-state index contributed by atoms with van der Waals surface area (Å²) >= 11 is 5.92. The van der Waals surface area contributed by atoms with Gasteiger partial charge in [0, 0.05) is 25.3 Å². The third kappa shape index (κ3) is 4.93. The van der Waals surface area contributed by atoms with Crippen LogP contribution in [0.2, 0.25) is 5.02 Å². The molecule has 3 rings (SSSR count). The molecule has 2 aromatic rings. The van der Waals surface area contributed by atoms with Crippen molar-refractivity contribution in [2.75, 3.05) is 25.5 Å². The van der Waals surface area contributed by atoms with Gasteiger partial charge in [0.2, 0.25) is 10.0 Å². The zero-order valence-corrected chi connectivity index (χ0v) is 17.0. The zero-order chi connectivity index (χ0) is 21.2. The lowest BCUT2D eigenvalue weighted by atomic mass is 10.1. The second-order valence-corrected chi connectivity index (χ2v) is 8.90. The van der Waals surface area contributed by atoms with Crippen LogP contribution in [0, 0.1) is 0 Å². The first-order valence-electron chi connectivity index (χ1n) is 8.75. The monoisotopic (exact) mass is 449 g/mol. The van der Waals surface area contributed by atoms with Gasteiger partial charge in [-0.15, -0.1) is 0 Å². The van der Waals surface area contributed by atoms with Gasteiger partial charge in [-0.05, 0) is 43.2 Å². The van der Waals surface area contributed by atoms with Crippen LogP contribution in [0.15, 0.2) is 41.4 Å². The van der Waals surface area contributed by atoms with Gasteiger partial charge in [-0.1, -0.05) is 11.6 Å². The number of alkyl halides is 3. The molecule has 0 radical (unpaired) electrons. The van der Waals surface area contributed by atoms with Crippen molar-refractivity contribution in [1.82, 2.24) is 9.29 Å². The van der Waals surface area contributed by atoms with Crippen molar-refractivity contribution in [2.24, 2.45) is 0 Å². The Morgan fingerprint density at radius 2 is 1.83 bits per heavy atom. The van der Waals surface area contributed by atoms with E-state index in [1.54, 1.807) is 12.1 Å². The number of halogens is 4. The molecule has 11 heteroatoms. The van der Waals surface area contributed by atoms with Gasteiger partial charge in [-0.25, -0.2) is 13.4 Å². The van der Waals surface area contributed by atoms with E-state index in [0.29, 0.717) is 18.6 Å². The molecular formula is C18H19ClF3N3O3S. The first kappa shape index (κ1) is 21.7. The fraction of sp³-hybridized carbons (Fsp3) is 0.389. The average molecular weight is 450 g/mol. The number of nitrogens with one attached hydrogen (secondary N) is 1. The minimum Gasteiger partial charge on any atom is -0.497 e. The number of nitrogens with zero attached hydrogens (tertiary/aromatic N) is 2. The molecule has 1 aliphatic heterocycles. The number of hydrogen-bond acceptors (Lipinski definition) is 5. The number of anilines is 1. The molecule has 1 fully saturated rings. The van der Waals surface area contributed by atoms with Crippen molar-refractivity contribution >= 4 is 27.4 Å². The van der Waals surface area contributed by atoms with E-state index in [-0.39, 0.29) is 34.9 Å². The Balaban J connectivity index is 1.63. The summed E-state index contributed by atoms with van der Waals surface area (Å²) in [7, 11) is -2.13. The van der Waals surface area contributed by atoms with E-state index in [2.05, 4.69) is 10.3 Å². The van der Waals surface area contributed by atoms with Crippen LogP contribution in [0.4, 0.5) is 19.0 Å². The number of ether oxygens (including phenoxy) is 1. The Morgan fingerprint density at radius 3 is 2.34 bits per heavy atom. The summed E-state index contributed by atoms with van der Waals surface area (Å²) in [6.45, 7) is 0.536. The number of pyridine rings is 1. The number of benzene rings is 1. The van der Waals surface area contributed by atoms with Gasteiger partial charge < -0.3 is 10.1 Å². The van der Waals surface area contributed by atoms with E-state index in [4.69, 9.17) is 16.3 Å². The SMILES string of the molecule is COc1ccc(S(=O)(=O)N2CCC(Nc3ncc(C(F)(F)F)cc3Cl)CC2)cc1. The number of aromatic nitrogens is 1. The summed E-state index contributed by atoms with van der Waals surface area (Å²) in [6.07, 6.45) is -2.86. The van der Waals surface area contributed by atoms with Gasteiger partial charge >= 0.3 is 6.18 Å². The van der Waals surface area contributed by atoms with E-state index >= 15 is 0 Å². The Morgan fingerprint density at radius 1 is 1.21 bits per heavy atom. The van der Waals surface area contributed by atoms with Crippen LogP contribution in [0.5, 0.6) is 5.75 Å². The Labute approximate surface area is 171 Å². The maximum atomic E-state index is 12.8. The molecule has 0 saturated carbocycles. The van der Waals surface area contributed by atoms with E-state index in [0.717, 1.165) is 12.3 Å². The maximum absolute atomic E-state index is 12.8. The molecule has 0 aliphatic carbocycles. The Hall–Kier alpha value is -2.04. The van der Waals surface area contributed by atoms with Crippen molar-refractivity contribution in [3.05, 3.63) is 47.1 Å². The summed E-state index contributed by atoms with van der Waals surface area (Å²) in [5.74, 6) is 0.712. The number of hydrogen-bond donors (Lipinski definition) is 1. The van der Waals surface area contributed by atoms with E-state index < -0.39 is 21.8 Å². The van der Waals surface area contributed by atoms with Crippen LogP contribution in [0.3, 0.4) is 0 Å². The first-order chi connectivity index (χ1) is 13.6. The van der Waals surface area contributed by atoms with Crippen molar-refractivity contribution in [3.8, 4) is 5.75 Å². The topological polar surface area (TPSA) is 71.5 Å². The lowest BCUT2D eigenvalue weighted by Crippen LogP contribution is -2.42. The molecule has 6 nitrogen and oxygen atoms in total. The third-order valence-electron chi connectivity index (χ3n) is 4.66. The zero-order valence-electron chi connectivity index (χ0n) is 15.4. The second kappa shape index (κ2) is 8.37. The summed E-state index contributed by atoms with van der Waals surface area (Å²) in [6, 6.07) is 6.81. The molecule has 0 atom stereocenters. The van der Waals surface area contributed by atoms with Crippen molar-refractivity contribution in [1.29, 1.82) is 0 Å². The van der Waals surface area contributed by atoms with Crippen LogP contribution in [-0.2, 0) is 16.2 Å². The molecule has 158 valence electrons. The number of piperidine rings is 1. The second-order valence-electron chi connectivity index (χ2n) is 6.55. The minimum absolute atomic E-state index is 0.131. The van der Waals surface area contributed by atoms with E-state index in [9.17, 15) is 21.6 Å². The highest BCUT2D eigenvalue weighted by Crippen LogP contribution is 2.33. The predicted octanol–water partition coefficient (Wildman–Crippen LogP) is 4.03. The van der Waals surface area contributed by atoms with Crippen molar-refractivity contribution in [3.63, 3.8) is 0 Å². The lowest BCUT2D eigenvalue weighted by molar-refractivity contribution is -0.137. The Bertz CT molecular complexity index is 961. The summed E-state index contributed by atoms with van der Waals surface area (Å²) < 4.78 is 70.1. The number of sulfonamides is 1. The third-order valence-corrected chi connectivity index (χ3v) is 6.86. The highest BCUT2D eigenvalue weighted by Gasteiger charge is 2.32. The van der Waals surface area contributed by atoms with Crippen LogP contribution in [0.25, 0.3) is 0 Å².